The van der Waals surface area contributed by atoms with Crippen LogP contribution in [0.2, 0.25) is 0 Å². The van der Waals surface area contributed by atoms with Gasteiger partial charge in [0.05, 0.1) is 6.04 Å². The van der Waals surface area contributed by atoms with E-state index < -0.39 is 35.9 Å². The molecule has 0 aliphatic rings. The lowest BCUT2D eigenvalue weighted by Crippen LogP contribution is -2.57. The Morgan fingerprint density at radius 1 is 0.966 bits per heavy atom. The molecule has 1 aromatic rings. The molecule has 5 unspecified atom stereocenters. The number of carboxylic acid groups (broad SMARTS) is 1. The largest absolute Gasteiger partial charge is 0.508 e. The van der Waals surface area contributed by atoms with Gasteiger partial charge >= 0.3 is 5.97 Å². The number of rotatable bonds is 11. The molecule has 0 spiro atoms. The number of hydrogen-bond donors (Lipinski definition) is 5. The molecule has 0 radical (unpaired) electrons. The van der Waals surface area contributed by atoms with Crippen LogP contribution in [-0.4, -0.2) is 46.1 Å². The van der Waals surface area contributed by atoms with E-state index in [0.717, 1.165) is 0 Å². The van der Waals surface area contributed by atoms with E-state index in [1.54, 1.807) is 19.1 Å². The molecule has 8 nitrogen and oxygen atoms in total. The highest BCUT2D eigenvalue weighted by molar-refractivity contribution is 5.92. The van der Waals surface area contributed by atoms with Gasteiger partial charge in [-0.05, 0) is 29.5 Å². The summed E-state index contributed by atoms with van der Waals surface area (Å²) in [5.74, 6) is -2.44. The van der Waals surface area contributed by atoms with Gasteiger partial charge in [-0.15, -0.1) is 0 Å². The topological polar surface area (TPSA) is 142 Å². The van der Waals surface area contributed by atoms with Gasteiger partial charge in [0.25, 0.3) is 0 Å². The minimum Gasteiger partial charge on any atom is -0.508 e. The number of nitrogens with one attached hydrogen (secondary N) is 2. The van der Waals surface area contributed by atoms with Crippen LogP contribution in [0.1, 0.15) is 46.1 Å². The minimum absolute atomic E-state index is 0.0701. The summed E-state index contributed by atoms with van der Waals surface area (Å²) in [5, 5.41) is 24.1. The highest BCUT2D eigenvalue weighted by atomic mass is 16.4. The van der Waals surface area contributed by atoms with Crippen LogP contribution in [0.15, 0.2) is 24.3 Å². The standard InChI is InChI=1S/C21H33N3O5/c1-5-12(3)17(22)20(27)23-16(11-14-7-9-15(25)10-8-14)19(26)24-18(21(28)29)13(4)6-2/h7-10,12-13,16-18,25H,5-6,11,22H2,1-4H3,(H,23,27)(H,24,26)(H,28,29). The predicted molar refractivity (Wildman–Crippen MR) is 110 cm³/mol. The highest BCUT2D eigenvalue weighted by Gasteiger charge is 2.31. The highest BCUT2D eigenvalue weighted by Crippen LogP contribution is 2.13. The molecule has 8 heteroatoms. The van der Waals surface area contributed by atoms with Gasteiger partial charge in [0.15, 0.2) is 0 Å². The van der Waals surface area contributed by atoms with Crippen molar-refractivity contribution in [2.75, 3.05) is 0 Å². The van der Waals surface area contributed by atoms with Crippen molar-refractivity contribution in [3.8, 4) is 5.75 Å². The second-order valence-electron chi connectivity index (χ2n) is 7.55. The number of phenolic OH excluding ortho intramolecular Hbond substituents is 1. The van der Waals surface area contributed by atoms with Crippen LogP contribution in [0, 0.1) is 11.8 Å². The third kappa shape index (κ3) is 7.38. The van der Waals surface area contributed by atoms with Gasteiger partial charge in [0.2, 0.25) is 11.8 Å². The number of hydrogen-bond acceptors (Lipinski definition) is 5. The zero-order valence-electron chi connectivity index (χ0n) is 17.5. The number of carboxylic acids is 1. The lowest BCUT2D eigenvalue weighted by Gasteiger charge is -2.26. The number of carbonyl (C=O) groups excluding carboxylic acids is 2. The summed E-state index contributed by atoms with van der Waals surface area (Å²) >= 11 is 0. The molecule has 162 valence electrons. The molecule has 2 amide bonds. The molecule has 1 aromatic carbocycles. The Kier molecular flexibility index (Phi) is 9.61. The summed E-state index contributed by atoms with van der Waals surface area (Å²) in [4.78, 5) is 37.0. The monoisotopic (exact) mass is 407 g/mol. The van der Waals surface area contributed by atoms with E-state index in [2.05, 4.69) is 10.6 Å². The molecule has 29 heavy (non-hydrogen) atoms. The van der Waals surface area contributed by atoms with Gasteiger partial charge in [-0.25, -0.2) is 4.79 Å². The Hall–Kier alpha value is -2.61. The van der Waals surface area contributed by atoms with Crippen molar-refractivity contribution in [3.05, 3.63) is 29.8 Å². The van der Waals surface area contributed by atoms with Crippen molar-refractivity contribution in [2.45, 2.75) is 65.1 Å². The van der Waals surface area contributed by atoms with Gasteiger partial charge < -0.3 is 26.6 Å². The lowest BCUT2D eigenvalue weighted by atomic mass is 9.97. The maximum atomic E-state index is 12.9. The number of nitrogens with two attached hydrogens (primary N) is 1. The summed E-state index contributed by atoms with van der Waals surface area (Å²) in [5.41, 5.74) is 6.69. The SMILES string of the molecule is CCC(C)C(N)C(=O)NC(Cc1ccc(O)cc1)C(=O)NC(C(=O)O)C(C)CC. The van der Waals surface area contributed by atoms with E-state index in [1.165, 1.54) is 12.1 Å². The number of phenols is 1. The summed E-state index contributed by atoms with van der Waals surface area (Å²) < 4.78 is 0. The average molecular weight is 408 g/mol. The molecule has 0 aliphatic heterocycles. The van der Waals surface area contributed by atoms with Crippen molar-refractivity contribution < 1.29 is 24.6 Å². The molecule has 5 atom stereocenters. The Balaban J connectivity index is 3.04. The molecule has 0 fully saturated rings. The Morgan fingerprint density at radius 2 is 1.52 bits per heavy atom. The van der Waals surface area contributed by atoms with E-state index in [1.807, 2.05) is 20.8 Å². The van der Waals surface area contributed by atoms with E-state index in [-0.39, 0.29) is 24.0 Å². The van der Waals surface area contributed by atoms with Crippen LogP contribution in [0.3, 0.4) is 0 Å². The first-order valence-corrected chi connectivity index (χ1v) is 9.97. The molecule has 0 aliphatic carbocycles. The molecule has 0 aromatic heterocycles. The van der Waals surface area contributed by atoms with Crippen molar-refractivity contribution >= 4 is 17.8 Å². The fourth-order valence-electron chi connectivity index (χ4n) is 2.79. The fourth-order valence-corrected chi connectivity index (χ4v) is 2.79. The molecule has 1 rings (SSSR count). The number of aromatic hydroxyl groups is 1. The maximum Gasteiger partial charge on any atom is 0.326 e. The van der Waals surface area contributed by atoms with Crippen molar-refractivity contribution in [1.29, 1.82) is 0 Å². The van der Waals surface area contributed by atoms with Crippen LogP contribution in [0.4, 0.5) is 0 Å². The van der Waals surface area contributed by atoms with E-state index >= 15 is 0 Å². The van der Waals surface area contributed by atoms with Crippen LogP contribution in [0.25, 0.3) is 0 Å². The normalized spacial score (nSPS) is 16.2. The molecular weight excluding hydrogens is 374 g/mol. The van der Waals surface area contributed by atoms with Gasteiger partial charge in [-0.3, -0.25) is 9.59 Å². The Bertz CT molecular complexity index is 692. The van der Waals surface area contributed by atoms with Crippen molar-refractivity contribution in [3.63, 3.8) is 0 Å². The summed E-state index contributed by atoms with van der Waals surface area (Å²) in [6.07, 6.45) is 1.42. The molecule has 0 heterocycles. The van der Waals surface area contributed by atoms with Crippen molar-refractivity contribution in [1.82, 2.24) is 10.6 Å². The van der Waals surface area contributed by atoms with Crippen LogP contribution in [0.5, 0.6) is 5.75 Å². The zero-order chi connectivity index (χ0) is 22.1. The first-order valence-electron chi connectivity index (χ1n) is 9.97. The van der Waals surface area contributed by atoms with E-state index in [4.69, 9.17) is 5.73 Å². The van der Waals surface area contributed by atoms with Gasteiger partial charge in [0, 0.05) is 6.42 Å². The van der Waals surface area contributed by atoms with E-state index in [0.29, 0.717) is 18.4 Å². The summed E-state index contributed by atoms with van der Waals surface area (Å²) in [7, 11) is 0. The summed E-state index contributed by atoms with van der Waals surface area (Å²) in [6, 6.07) is 3.41. The van der Waals surface area contributed by atoms with E-state index in [9.17, 15) is 24.6 Å². The molecule has 6 N–H and O–H groups in total. The number of carbonyl (C=O) groups is 3. The fraction of sp³-hybridized carbons (Fsp3) is 0.571. The predicted octanol–water partition coefficient (Wildman–Crippen LogP) is 1.41. The maximum absolute atomic E-state index is 12.9. The van der Waals surface area contributed by atoms with Gasteiger partial charge in [0.1, 0.15) is 17.8 Å². The van der Waals surface area contributed by atoms with Crippen LogP contribution in [-0.2, 0) is 20.8 Å². The number of benzene rings is 1. The first kappa shape index (κ1) is 24.4. The van der Waals surface area contributed by atoms with Gasteiger partial charge in [-0.1, -0.05) is 52.7 Å². The van der Waals surface area contributed by atoms with Crippen molar-refractivity contribution in [2.24, 2.45) is 17.6 Å². The third-order valence-corrected chi connectivity index (χ3v) is 5.35. The zero-order valence-corrected chi connectivity index (χ0v) is 17.5. The lowest BCUT2D eigenvalue weighted by molar-refractivity contribution is -0.143. The first-order chi connectivity index (χ1) is 13.6. The molecule has 0 saturated heterocycles. The number of aliphatic carboxylic acids is 1. The Morgan fingerprint density at radius 3 is 2.00 bits per heavy atom. The molecule has 0 bridgehead atoms. The second-order valence-corrected chi connectivity index (χ2v) is 7.55. The minimum atomic E-state index is -1.13. The average Bonchev–Trinajstić information content (AvgIpc) is 2.70. The van der Waals surface area contributed by atoms with Gasteiger partial charge in [-0.2, -0.15) is 0 Å². The molecule has 0 saturated carbocycles. The second kappa shape index (κ2) is 11.4. The van der Waals surface area contributed by atoms with Crippen LogP contribution < -0.4 is 16.4 Å². The molecular formula is C21H33N3O5. The Labute approximate surface area is 171 Å². The summed E-state index contributed by atoms with van der Waals surface area (Å²) in [6.45, 7) is 7.35. The third-order valence-electron chi connectivity index (χ3n) is 5.35. The smallest absolute Gasteiger partial charge is 0.326 e. The number of amides is 2. The quantitative estimate of drug-likeness (QED) is 0.375. The van der Waals surface area contributed by atoms with Crippen LogP contribution >= 0.6 is 0 Å².